The summed E-state index contributed by atoms with van der Waals surface area (Å²) in [6.45, 7) is 6.50. The molecule has 0 spiro atoms. The van der Waals surface area contributed by atoms with Crippen LogP contribution in [0.1, 0.15) is 34.0 Å². The van der Waals surface area contributed by atoms with Crippen molar-refractivity contribution in [1.82, 2.24) is 20.6 Å². The minimum Gasteiger partial charge on any atom is -0.332 e. The highest BCUT2D eigenvalue weighted by Crippen LogP contribution is 2.25. The fraction of sp³-hybridized carbons (Fsp3) is 0.357. The monoisotopic (exact) mass is 290 g/mol. The fourth-order valence-electron chi connectivity index (χ4n) is 2.00. The van der Waals surface area contributed by atoms with Crippen molar-refractivity contribution in [2.75, 3.05) is 0 Å². The molecule has 6 heteroatoms. The molecule has 2 N–H and O–H groups in total. The Kier molecular flexibility index (Phi) is 4.68. The maximum absolute atomic E-state index is 11.9. The summed E-state index contributed by atoms with van der Waals surface area (Å²) < 4.78 is 0. The molecule has 1 unspecified atom stereocenters. The second kappa shape index (κ2) is 6.47. The van der Waals surface area contributed by atoms with Crippen LogP contribution in [0.3, 0.4) is 0 Å². The smallest absolute Gasteiger partial charge is 0.315 e. The van der Waals surface area contributed by atoms with Gasteiger partial charge in [0.05, 0.1) is 24.5 Å². The third-order valence-electron chi connectivity index (χ3n) is 2.94. The van der Waals surface area contributed by atoms with Gasteiger partial charge < -0.3 is 10.6 Å². The third-order valence-corrected chi connectivity index (χ3v) is 3.92. The quantitative estimate of drug-likeness (QED) is 0.910. The van der Waals surface area contributed by atoms with Gasteiger partial charge in [0.25, 0.3) is 0 Å². The highest BCUT2D eigenvalue weighted by Gasteiger charge is 2.13. The van der Waals surface area contributed by atoms with E-state index in [2.05, 4.69) is 40.5 Å². The standard InChI is InChI=1S/C14H18N4OS/c1-9-6-13(11(3)20-9)10(2)18-14(19)17-8-12-7-15-4-5-16-12/h4-7,10H,8H2,1-3H3,(H2,17,18,19). The molecule has 5 nitrogen and oxygen atoms in total. The molecule has 2 amide bonds. The van der Waals surface area contributed by atoms with E-state index >= 15 is 0 Å². The SMILES string of the molecule is Cc1cc(C(C)NC(=O)NCc2cnccn2)c(C)s1. The number of aromatic nitrogens is 2. The number of rotatable bonds is 4. The van der Waals surface area contributed by atoms with Gasteiger partial charge in [-0.25, -0.2) is 4.79 Å². The normalized spacial score (nSPS) is 11.9. The van der Waals surface area contributed by atoms with Crippen LogP contribution < -0.4 is 10.6 Å². The van der Waals surface area contributed by atoms with E-state index in [9.17, 15) is 4.79 Å². The van der Waals surface area contributed by atoms with E-state index in [4.69, 9.17) is 0 Å². The van der Waals surface area contributed by atoms with Crippen LogP contribution in [-0.4, -0.2) is 16.0 Å². The molecule has 0 saturated carbocycles. The molecule has 0 fully saturated rings. The number of urea groups is 1. The summed E-state index contributed by atoms with van der Waals surface area (Å²) in [5, 5.41) is 5.71. The Labute approximate surface area is 122 Å². The molecule has 0 aliphatic carbocycles. The molecule has 2 aromatic rings. The molecule has 0 radical (unpaired) electrons. The topological polar surface area (TPSA) is 66.9 Å². The molecule has 0 aliphatic heterocycles. The largest absolute Gasteiger partial charge is 0.332 e. The van der Waals surface area contributed by atoms with Crippen LogP contribution in [0.4, 0.5) is 4.79 Å². The summed E-state index contributed by atoms with van der Waals surface area (Å²) in [4.78, 5) is 22.4. The summed E-state index contributed by atoms with van der Waals surface area (Å²) >= 11 is 1.74. The predicted octanol–water partition coefficient (Wildman–Crippen LogP) is 2.72. The Bertz CT molecular complexity index is 582. The third kappa shape index (κ3) is 3.77. The van der Waals surface area contributed by atoms with E-state index in [1.807, 2.05) is 6.92 Å². The van der Waals surface area contributed by atoms with Gasteiger partial charge in [-0.05, 0) is 32.4 Å². The van der Waals surface area contributed by atoms with E-state index in [-0.39, 0.29) is 12.1 Å². The first-order chi connectivity index (χ1) is 9.56. The Morgan fingerprint density at radius 2 is 2.20 bits per heavy atom. The van der Waals surface area contributed by atoms with E-state index in [0.717, 1.165) is 5.69 Å². The highest BCUT2D eigenvalue weighted by molar-refractivity contribution is 7.12. The molecule has 2 aromatic heterocycles. The van der Waals surface area contributed by atoms with Crippen LogP contribution in [0.5, 0.6) is 0 Å². The first-order valence-corrected chi connectivity index (χ1v) is 7.24. The Hall–Kier alpha value is -1.95. The van der Waals surface area contributed by atoms with Crippen molar-refractivity contribution in [1.29, 1.82) is 0 Å². The van der Waals surface area contributed by atoms with E-state index in [0.29, 0.717) is 6.54 Å². The number of carbonyl (C=O) groups is 1. The van der Waals surface area contributed by atoms with Crippen molar-refractivity contribution in [3.05, 3.63) is 45.7 Å². The fourth-order valence-corrected chi connectivity index (χ4v) is 3.02. The minimum absolute atomic E-state index is 0.0122. The van der Waals surface area contributed by atoms with Gasteiger partial charge in [0, 0.05) is 22.1 Å². The van der Waals surface area contributed by atoms with Gasteiger partial charge in [-0.2, -0.15) is 0 Å². The molecule has 2 rings (SSSR count). The van der Waals surface area contributed by atoms with Gasteiger partial charge in [-0.3, -0.25) is 9.97 Å². The van der Waals surface area contributed by atoms with Gasteiger partial charge in [0.1, 0.15) is 0 Å². The molecule has 20 heavy (non-hydrogen) atoms. The summed E-state index contributed by atoms with van der Waals surface area (Å²) in [6.07, 6.45) is 4.85. The van der Waals surface area contributed by atoms with Gasteiger partial charge in [-0.1, -0.05) is 0 Å². The van der Waals surface area contributed by atoms with E-state index in [1.54, 1.807) is 29.9 Å². The molecule has 0 aromatic carbocycles. The van der Waals surface area contributed by atoms with Crippen molar-refractivity contribution in [2.24, 2.45) is 0 Å². The molecular weight excluding hydrogens is 272 g/mol. The second-order valence-electron chi connectivity index (χ2n) is 4.61. The van der Waals surface area contributed by atoms with Crippen LogP contribution in [0, 0.1) is 13.8 Å². The lowest BCUT2D eigenvalue weighted by atomic mass is 10.1. The number of nitrogens with one attached hydrogen (secondary N) is 2. The summed E-state index contributed by atoms with van der Waals surface area (Å²) in [5.41, 5.74) is 1.90. The van der Waals surface area contributed by atoms with E-state index in [1.165, 1.54) is 15.3 Å². The Balaban J connectivity index is 1.87. The minimum atomic E-state index is -0.202. The second-order valence-corrected chi connectivity index (χ2v) is 6.07. The average molecular weight is 290 g/mol. The number of nitrogens with zero attached hydrogens (tertiary/aromatic N) is 2. The zero-order valence-corrected chi connectivity index (χ0v) is 12.6. The van der Waals surface area contributed by atoms with Gasteiger partial charge in [0.2, 0.25) is 0 Å². The molecule has 0 bridgehead atoms. The lowest BCUT2D eigenvalue weighted by molar-refractivity contribution is 0.237. The van der Waals surface area contributed by atoms with Crippen LogP contribution in [0.2, 0.25) is 0 Å². The van der Waals surface area contributed by atoms with Crippen molar-refractivity contribution in [3.63, 3.8) is 0 Å². The number of hydrogen-bond acceptors (Lipinski definition) is 4. The van der Waals surface area contributed by atoms with Gasteiger partial charge >= 0.3 is 6.03 Å². The first kappa shape index (κ1) is 14.5. The van der Waals surface area contributed by atoms with Crippen molar-refractivity contribution in [3.8, 4) is 0 Å². The Morgan fingerprint density at radius 3 is 2.80 bits per heavy atom. The lowest BCUT2D eigenvalue weighted by Crippen LogP contribution is -2.36. The number of hydrogen-bond donors (Lipinski definition) is 2. The molecular formula is C14H18N4OS. The zero-order valence-electron chi connectivity index (χ0n) is 11.8. The van der Waals surface area contributed by atoms with Crippen molar-refractivity contribution < 1.29 is 4.79 Å². The Morgan fingerprint density at radius 1 is 1.40 bits per heavy atom. The lowest BCUT2D eigenvalue weighted by Gasteiger charge is -2.14. The van der Waals surface area contributed by atoms with Crippen LogP contribution in [-0.2, 0) is 6.54 Å². The van der Waals surface area contributed by atoms with Crippen molar-refractivity contribution >= 4 is 17.4 Å². The summed E-state index contributed by atoms with van der Waals surface area (Å²) in [6, 6.07) is 1.90. The molecule has 0 aliphatic rings. The summed E-state index contributed by atoms with van der Waals surface area (Å²) in [7, 11) is 0. The number of carbonyl (C=O) groups excluding carboxylic acids is 1. The van der Waals surface area contributed by atoms with E-state index < -0.39 is 0 Å². The summed E-state index contributed by atoms with van der Waals surface area (Å²) in [5.74, 6) is 0. The molecule has 1 atom stereocenters. The number of amides is 2. The predicted molar refractivity (Wildman–Crippen MR) is 79.6 cm³/mol. The molecule has 0 saturated heterocycles. The first-order valence-electron chi connectivity index (χ1n) is 6.42. The number of aryl methyl sites for hydroxylation is 2. The van der Waals surface area contributed by atoms with Gasteiger partial charge in [-0.15, -0.1) is 11.3 Å². The van der Waals surface area contributed by atoms with Crippen molar-refractivity contribution in [2.45, 2.75) is 33.4 Å². The highest BCUT2D eigenvalue weighted by atomic mass is 32.1. The maximum atomic E-state index is 11.9. The zero-order chi connectivity index (χ0) is 14.5. The van der Waals surface area contributed by atoms with Crippen LogP contribution in [0.15, 0.2) is 24.7 Å². The van der Waals surface area contributed by atoms with Crippen LogP contribution in [0.25, 0.3) is 0 Å². The average Bonchev–Trinajstić information content (AvgIpc) is 2.77. The molecule has 2 heterocycles. The maximum Gasteiger partial charge on any atom is 0.315 e. The van der Waals surface area contributed by atoms with Crippen LogP contribution >= 0.6 is 11.3 Å². The number of thiophene rings is 1. The molecule has 106 valence electrons. The van der Waals surface area contributed by atoms with Gasteiger partial charge in [0.15, 0.2) is 0 Å².